The van der Waals surface area contributed by atoms with E-state index in [1.807, 2.05) is 0 Å². The molecule has 5 nitrogen and oxygen atoms in total. The summed E-state index contributed by atoms with van der Waals surface area (Å²) in [5, 5.41) is 3.05. The Balaban J connectivity index is 1.96. The highest BCUT2D eigenvalue weighted by Gasteiger charge is 2.57. The predicted octanol–water partition coefficient (Wildman–Crippen LogP) is 7.37. The first-order chi connectivity index (χ1) is 14.6. The van der Waals surface area contributed by atoms with E-state index in [1.165, 1.54) is 32.0 Å². The van der Waals surface area contributed by atoms with Crippen molar-refractivity contribution in [2.75, 3.05) is 18.5 Å². The van der Waals surface area contributed by atoms with Crippen LogP contribution in [0.3, 0.4) is 0 Å². The number of amides is 1. The molecule has 1 N–H and O–H groups in total. The molecule has 1 amide bonds. The van der Waals surface area contributed by atoms with Crippen LogP contribution >= 0.6 is 34.9 Å². The molecule has 166 valence electrons. The van der Waals surface area contributed by atoms with Crippen LogP contribution < -0.4 is 5.32 Å². The Hall–Kier alpha value is -1.71. The number of anilines is 1. The molecule has 31 heavy (non-hydrogen) atoms. The van der Waals surface area contributed by atoms with Crippen LogP contribution in [-0.2, 0) is 19.3 Å². The molecule has 0 radical (unpaired) electrons. The number of benzene rings is 2. The second kappa shape index (κ2) is 9.42. The third-order valence-corrected chi connectivity index (χ3v) is 8.79. The van der Waals surface area contributed by atoms with Gasteiger partial charge >= 0.3 is 13.3 Å². The Labute approximate surface area is 189 Å². The molecule has 0 bridgehead atoms. The van der Waals surface area contributed by atoms with Gasteiger partial charge in [-0.2, -0.15) is 8.78 Å². The minimum absolute atomic E-state index is 0.0370. The molecule has 1 heterocycles. The van der Waals surface area contributed by atoms with Crippen LogP contribution in [0, 0.1) is 5.82 Å². The zero-order valence-electron chi connectivity index (χ0n) is 16.5. The van der Waals surface area contributed by atoms with E-state index < -0.39 is 29.9 Å². The zero-order valence-corrected chi connectivity index (χ0v) is 19.8. The first kappa shape index (κ1) is 23.9. The number of rotatable bonds is 8. The Morgan fingerprint density at radius 3 is 2.32 bits per heavy atom. The first-order valence-electron chi connectivity index (χ1n) is 9.19. The van der Waals surface area contributed by atoms with Gasteiger partial charge in [0.2, 0.25) is 0 Å². The van der Waals surface area contributed by atoms with Gasteiger partial charge in [0.25, 0.3) is 5.91 Å². The summed E-state index contributed by atoms with van der Waals surface area (Å²) in [5.41, 5.74) is -3.28. The number of carbonyl (C=O) groups excluding carboxylic acids is 1. The Morgan fingerprint density at radius 2 is 1.74 bits per heavy atom. The minimum Gasteiger partial charge on any atom is -0.322 e. The lowest BCUT2D eigenvalue weighted by Crippen LogP contribution is -2.17. The SMILES string of the molecule is CCOP(=O)(OCC)C(F)(F)c1sc2ccc(NC(=O)c3ccc(F)cc3)cc2c1Br. The van der Waals surface area contributed by atoms with Crippen LogP contribution in [0.25, 0.3) is 10.1 Å². The summed E-state index contributed by atoms with van der Waals surface area (Å²) in [5.74, 6) is -0.946. The fourth-order valence-electron chi connectivity index (χ4n) is 2.81. The lowest BCUT2D eigenvalue weighted by Gasteiger charge is -2.25. The van der Waals surface area contributed by atoms with Gasteiger partial charge in [-0.05, 0) is 72.2 Å². The molecule has 0 saturated heterocycles. The summed E-state index contributed by atoms with van der Waals surface area (Å²) in [4.78, 5) is 11.9. The molecule has 0 fully saturated rings. The summed E-state index contributed by atoms with van der Waals surface area (Å²) < 4.78 is 66.5. The monoisotopic (exact) mass is 535 g/mol. The summed E-state index contributed by atoms with van der Waals surface area (Å²) in [6.45, 7) is 2.51. The van der Waals surface area contributed by atoms with E-state index in [0.29, 0.717) is 15.8 Å². The third kappa shape index (κ3) is 4.73. The van der Waals surface area contributed by atoms with Crippen molar-refractivity contribution in [1.29, 1.82) is 0 Å². The Kier molecular flexibility index (Phi) is 7.28. The van der Waals surface area contributed by atoms with E-state index in [1.54, 1.807) is 12.1 Å². The molecule has 0 aliphatic rings. The van der Waals surface area contributed by atoms with Gasteiger partial charge in [-0.3, -0.25) is 9.36 Å². The van der Waals surface area contributed by atoms with Crippen molar-refractivity contribution in [2.24, 2.45) is 0 Å². The van der Waals surface area contributed by atoms with Crippen LogP contribution in [0.5, 0.6) is 0 Å². The van der Waals surface area contributed by atoms with Crippen LogP contribution in [0.4, 0.5) is 18.9 Å². The van der Waals surface area contributed by atoms with Crippen molar-refractivity contribution < 1.29 is 31.6 Å². The molecule has 0 aliphatic carbocycles. The average molecular weight is 536 g/mol. The van der Waals surface area contributed by atoms with Gasteiger partial charge in [-0.1, -0.05) is 0 Å². The first-order valence-corrected chi connectivity index (χ1v) is 12.3. The highest BCUT2D eigenvalue weighted by Crippen LogP contribution is 2.69. The standard InChI is InChI=1S/C20H18BrF3NO4PS/c1-3-28-30(27,29-4-2)20(23,24)18-17(21)15-11-14(9-10-16(15)31-18)25-19(26)12-5-7-13(22)8-6-12/h5-11H,3-4H2,1-2H3,(H,25,26). The molecule has 2 aromatic carbocycles. The van der Waals surface area contributed by atoms with Gasteiger partial charge in [0, 0.05) is 25.8 Å². The molecule has 0 unspecified atom stereocenters. The molecule has 0 saturated carbocycles. The number of nitrogens with one attached hydrogen (secondary N) is 1. The second-order valence-corrected chi connectivity index (χ2v) is 10.2. The molecule has 0 spiro atoms. The van der Waals surface area contributed by atoms with E-state index in [9.17, 15) is 13.8 Å². The van der Waals surface area contributed by atoms with Gasteiger partial charge in [-0.15, -0.1) is 11.3 Å². The number of carbonyl (C=O) groups is 1. The van der Waals surface area contributed by atoms with Crippen LogP contribution in [0.2, 0.25) is 0 Å². The molecular weight excluding hydrogens is 518 g/mol. The van der Waals surface area contributed by atoms with Crippen LogP contribution in [0.15, 0.2) is 46.9 Å². The predicted molar refractivity (Wildman–Crippen MR) is 119 cm³/mol. The van der Waals surface area contributed by atoms with Crippen molar-refractivity contribution in [2.45, 2.75) is 19.5 Å². The molecule has 3 rings (SSSR count). The van der Waals surface area contributed by atoms with Crippen LogP contribution in [-0.4, -0.2) is 19.1 Å². The second-order valence-electron chi connectivity index (χ2n) is 6.29. The van der Waals surface area contributed by atoms with Crippen molar-refractivity contribution in [3.05, 3.63) is 63.2 Å². The van der Waals surface area contributed by atoms with Gasteiger partial charge < -0.3 is 14.4 Å². The molecular formula is C20H18BrF3NO4PS. The topological polar surface area (TPSA) is 64.6 Å². The number of thiophene rings is 1. The van der Waals surface area contributed by atoms with Gasteiger partial charge in [0.15, 0.2) is 0 Å². The van der Waals surface area contributed by atoms with Crippen LogP contribution in [0.1, 0.15) is 29.1 Å². The number of halogens is 4. The van der Waals surface area contributed by atoms with E-state index in [0.717, 1.165) is 23.5 Å². The van der Waals surface area contributed by atoms with Crippen molar-refractivity contribution in [1.82, 2.24) is 0 Å². The summed E-state index contributed by atoms with van der Waals surface area (Å²) in [6, 6.07) is 9.63. The lowest BCUT2D eigenvalue weighted by molar-refractivity contribution is 0.0387. The zero-order chi connectivity index (χ0) is 22.8. The Bertz CT molecular complexity index is 1140. The number of hydrogen-bond donors (Lipinski definition) is 1. The maximum Gasteiger partial charge on any atom is 0.405 e. The average Bonchev–Trinajstić information content (AvgIpc) is 3.05. The molecule has 0 atom stereocenters. The van der Waals surface area contributed by atoms with E-state index in [-0.39, 0.29) is 23.2 Å². The third-order valence-electron chi connectivity index (χ3n) is 4.21. The van der Waals surface area contributed by atoms with Crippen molar-refractivity contribution in [3.63, 3.8) is 0 Å². The van der Waals surface area contributed by atoms with Crippen molar-refractivity contribution >= 4 is 56.5 Å². The molecule has 1 aromatic heterocycles. The highest BCUT2D eigenvalue weighted by atomic mass is 79.9. The number of alkyl halides is 2. The maximum atomic E-state index is 15.2. The largest absolute Gasteiger partial charge is 0.405 e. The van der Waals surface area contributed by atoms with Crippen molar-refractivity contribution in [3.8, 4) is 0 Å². The van der Waals surface area contributed by atoms with E-state index >= 15 is 8.78 Å². The molecule has 0 aliphatic heterocycles. The molecule has 11 heteroatoms. The Morgan fingerprint density at radius 1 is 1.13 bits per heavy atom. The maximum absolute atomic E-state index is 15.2. The van der Waals surface area contributed by atoms with Gasteiger partial charge in [-0.25, -0.2) is 4.39 Å². The molecule has 3 aromatic rings. The van der Waals surface area contributed by atoms with E-state index in [4.69, 9.17) is 9.05 Å². The normalized spacial score (nSPS) is 12.3. The summed E-state index contributed by atoms with van der Waals surface area (Å²) in [7, 11) is -4.76. The minimum atomic E-state index is -4.76. The smallest absolute Gasteiger partial charge is 0.322 e. The fourth-order valence-corrected chi connectivity index (χ4v) is 6.77. The summed E-state index contributed by atoms with van der Waals surface area (Å²) >= 11 is 3.93. The number of hydrogen-bond acceptors (Lipinski definition) is 5. The fraction of sp³-hybridized carbons (Fsp3) is 0.250. The number of fused-ring (bicyclic) bond motifs is 1. The van der Waals surface area contributed by atoms with E-state index in [2.05, 4.69) is 21.2 Å². The van der Waals surface area contributed by atoms with Gasteiger partial charge in [0.1, 0.15) is 10.7 Å². The highest BCUT2D eigenvalue weighted by molar-refractivity contribution is 9.10. The summed E-state index contributed by atoms with van der Waals surface area (Å²) in [6.07, 6.45) is 0. The van der Waals surface area contributed by atoms with Gasteiger partial charge in [0.05, 0.1) is 13.2 Å². The quantitative estimate of drug-likeness (QED) is 0.306. The lowest BCUT2D eigenvalue weighted by atomic mass is 10.2.